The molecule has 2 N–H and O–H groups in total. The van der Waals surface area contributed by atoms with Crippen LogP contribution in [0.25, 0.3) is 0 Å². The van der Waals surface area contributed by atoms with Gasteiger partial charge in [-0.1, -0.05) is 0 Å². The summed E-state index contributed by atoms with van der Waals surface area (Å²) in [6.45, 7) is 0.388. The number of hydrogen-bond acceptors (Lipinski definition) is 4. The monoisotopic (exact) mass is 184 g/mol. The normalized spacial score (nSPS) is 58.2. The Morgan fingerprint density at radius 1 is 1.31 bits per heavy atom. The molecule has 3 fully saturated rings. The van der Waals surface area contributed by atoms with Gasteiger partial charge in [0, 0.05) is 17.8 Å². The number of aliphatic hydroxyl groups excluding tert-OH is 2. The molecule has 0 unspecified atom stereocenters. The van der Waals surface area contributed by atoms with Crippen LogP contribution in [-0.2, 0) is 9.53 Å². The maximum absolute atomic E-state index is 11.3. The number of carbonyl (C=O) groups excluding carboxylic acids is 1. The van der Waals surface area contributed by atoms with Gasteiger partial charge in [0.25, 0.3) is 0 Å². The Hall–Kier alpha value is -0.610. The van der Waals surface area contributed by atoms with E-state index >= 15 is 0 Å². The van der Waals surface area contributed by atoms with Gasteiger partial charge in [0.1, 0.15) is 0 Å². The van der Waals surface area contributed by atoms with E-state index in [4.69, 9.17) is 4.74 Å². The van der Waals surface area contributed by atoms with E-state index in [-0.39, 0.29) is 29.6 Å². The molecule has 4 nitrogen and oxygen atoms in total. The summed E-state index contributed by atoms with van der Waals surface area (Å²) in [5, 5.41) is 19.4. The molecule has 6 atom stereocenters. The summed E-state index contributed by atoms with van der Waals surface area (Å²) in [5.41, 5.74) is 0. The third-order valence-corrected chi connectivity index (χ3v) is 3.90. The smallest absolute Gasteiger partial charge is 0.309 e. The van der Waals surface area contributed by atoms with Gasteiger partial charge < -0.3 is 14.9 Å². The maximum Gasteiger partial charge on any atom is 0.309 e. The minimum atomic E-state index is -0.488. The molecule has 0 aromatic rings. The first-order valence-electron chi connectivity index (χ1n) is 4.73. The van der Waals surface area contributed by atoms with Crippen LogP contribution in [0.5, 0.6) is 0 Å². The van der Waals surface area contributed by atoms with Crippen LogP contribution >= 0.6 is 0 Å². The largest absolute Gasteiger partial charge is 0.465 e. The molecule has 0 amide bonds. The van der Waals surface area contributed by atoms with Gasteiger partial charge in [-0.3, -0.25) is 4.79 Å². The van der Waals surface area contributed by atoms with Crippen molar-refractivity contribution in [1.82, 2.24) is 0 Å². The number of cyclic esters (lactones) is 1. The number of fused-ring (bicyclic) bond motifs is 5. The number of esters is 1. The molecule has 1 saturated heterocycles. The van der Waals surface area contributed by atoms with Crippen LogP contribution in [0, 0.1) is 23.7 Å². The van der Waals surface area contributed by atoms with Gasteiger partial charge in [-0.15, -0.1) is 0 Å². The molecule has 3 rings (SSSR count). The summed E-state index contributed by atoms with van der Waals surface area (Å²) in [6.07, 6.45) is -0.365. The van der Waals surface area contributed by atoms with Crippen molar-refractivity contribution in [3.8, 4) is 0 Å². The highest BCUT2D eigenvalue weighted by Gasteiger charge is 2.63. The fraction of sp³-hybridized carbons (Fsp3) is 0.889. The SMILES string of the molecule is O=C1OC[C@@H]2[C@H]1[C@H]1C[C@@H](O)[C@@H]2[C@H]1O. The van der Waals surface area contributed by atoms with Crippen LogP contribution in [0.1, 0.15) is 6.42 Å². The molecule has 72 valence electrons. The topological polar surface area (TPSA) is 66.8 Å². The Morgan fingerprint density at radius 2 is 2.08 bits per heavy atom. The molecule has 1 aliphatic heterocycles. The lowest BCUT2D eigenvalue weighted by Crippen LogP contribution is -2.31. The molecule has 0 spiro atoms. The third kappa shape index (κ3) is 0.758. The van der Waals surface area contributed by atoms with Crippen LogP contribution in [0.15, 0.2) is 0 Å². The number of rotatable bonds is 0. The molecule has 3 aliphatic rings. The van der Waals surface area contributed by atoms with E-state index in [1.165, 1.54) is 0 Å². The van der Waals surface area contributed by atoms with Crippen LogP contribution < -0.4 is 0 Å². The van der Waals surface area contributed by atoms with Crippen LogP contribution in [0.3, 0.4) is 0 Å². The second kappa shape index (κ2) is 2.25. The highest BCUT2D eigenvalue weighted by atomic mass is 16.5. The van der Waals surface area contributed by atoms with Gasteiger partial charge in [-0.2, -0.15) is 0 Å². The predicted molar refractivity (Wildman–Crippen MR) is 41.5 cm³/mol. The van der Waals surface area contributed by atoms with Gasteiger partial charge in [0.05, 0.1) is 24.7 Å². The standard InChI is InChI=1S/C9H12O4/c10-5-1-3-6-4(2-13-9(6)12)7(5)8(3)11/h3-8,10-11H,1-2H2/t3-,4-,5-,6-,7-,8+/m1/s1. The Kier molecular flexibility index (Phi) is 1.34. The fourth-order valence-corrected chi connectivity index (χ4v) is 3.38. The molecular weight excluding hydrogens is 172 g/mol. The lowest BCUT2D eigenvalue weighted by atomic mass is 9.80. The maximum atomic E-state index is 11.3. The zero-order chi connectivity index (χ0) is 9.16. The molecule has 2 saturated carbocycles. The van der Waals surface area contributed by atoms with Crippen molar-refractivity contribution in [2.75, 3.05) is 6.61 Å². The summed E-state index contributed by atoms with van der Waals surface area (Å²) in [5.74, 6) is -0.426. The number of carbonyl (C=O) groups is 1. The van der Waals surface area contributed by atoms with Gasteiger partial charge in [-0.05, 0) is 6.42 Å². The van der Waals surface area contributed by atoms with E-state index in [0.717, 1.165) is 0 Å². The minimum absolute atomic E-state index is 0.0556. The average molecular weight is 184 g/mol. The van der Waals surface area contributed by atoms with Crippen LogP contribution in [-0.4, -0.2) is 35.0 Å². The summed E-state index contributed by atoms with van der Waals surface area (Å²) < 4.78 is 4.94. The molecule has 13 heavy (non-hydrogen) atoms. The second-order valence-electron chi connectivity index (χ2n) is 4.35. The first kappa shape index (κ1) is 7.76. The highest BCUT2D eigenvalue weighted by Crippen LogP contribution is 2.55. The van der Waals surface area contributed by atoms with Gasteiger partial charge in [-0.25, -0.2) is 0 Å². The molecule has 2 bridgehead atoms. The summed E-state index contributed by atoms with van der Waals surface area (Å²) in [6, 6.07) is 0. The Morgan fingerprint density at radius 3 is 2.85 bits per heavy atom. The van der Waals surface area contributed by atoms with Crippen molar-refractivity contribution in [3.63, 3.8) is 0 Å². The van der Waals surface area contributed by atoms with Crippen molar-refractivity contribution in [2.45, 2.75) is 18.6 Å². The average Bonchev–Trinajstić information content (AvgIpc) is 2.64. The van der Waals surface area contributed by atoms with Crippen molar-refractivity contribution in [2.24, 2.45) is 23.7 Å². The van der Waals surface area contributed by atoms with E-state index in [1.807, 2.05) is 0 Å². The number of ether oxygens (including phenoxy) is 1. The highest BCUT2D eigenvalue weighted by molar-refractivity contribution is 5.76. The van der Waals surface area contributed by atoms with Gasteiger partial charge in [0.15, 0.2) is 0 Å². The van der Waals surface area contributed by atoms with E-state index < -0.39 is 12.2 Å². The summed E-state index contributed by atoms with van der Waals surface area (Å²) >= 11 is 0. The quantitative estimate of drug-likeness (QED) is 0.481. The van der Waals surface area contributed by atoms with Gasteiger partial charge >= 0.3 is 5.97 Å². The van der Waals surface area contributed by atoms with E-state index in [1.54, 1.807) is 0 Å². The van der Waals surface area contributed by atoms with Crippen molar-refractivity contribution < 1.29 is 19.7 Å². The van der Waals surface area contributed by atoms with E-state index in [0.29, 0.717) is 13.0 Å². The van der Waals surface area contributed by atoms with Crippen molar-refractivity contribution >= 4 is 5.97 Å². The first-order valence-corrected chi connectivity index (χ1v) is 4.73. The van der Waals surface area contributed by atoms with Crippen molar-refractivity contribution in [3.05, 3.63) is 0 Å². The Balaban J connectivity index is 1.98. The molecule has 0 aromatic heterocycles. The second-order valence-corrected chi connectivity index (χ2v) is 4.35. The van der Waals surface area contributed by atoms with Gasteiger partial charge in [0.2, 0.25) is 0 Å². The van der Waals surface area contributed by atoms with Crippen molar-refractivity contribution in [1.29, 1.82) is 0 Å². The molecule has 4 heteroatoms. The number of aliphatic hydroxyl groups is 2. The lowest BCUT2D eigenvalue weighted by Gasteiger charge is -2.23. The molecule has 2 aliphatic carbocycles. The fourth-order valence-electron chi connectivity index (χ4n) is 3.38. The summed E-state index contributed by atoms with van der Waals surface area (Å²) in [7, 11) is 0. The zero-order valence-corrected chi connectivity index (χ0v) is 7.09. The Bertz CT molecular complexity index is 262. The van der Waals surface area contributed by atoms with Crippen LogP contribution in [0.2, 0.25) is 0 Å². The minimum Gasteiger partial charge on any atom is -0.465 e. The third-order valence-electron chi connectivity index (χ3n) is 3.90. The lowest BCUT2D eigenvalue weighted by molar-refractivity contribution is -0.143. The summed E-state index contributed by atoms with van der Waals surface area (Å²) in [4.78, 5) is 11.3. The zero-order valence-electron chi connectivity index (χ0n) is 7.09. The van der Waals surface area contributed by atoms with E-state index in [9.17, 15) is 15.0 Å². The molecular formula is C9H12O4. The molecule has 1 heterocycles. The predicted octanol–water partition coefficient (Wildman–Crippen LogP) is -0.853. The van der Waals surface area contributed by atoms with Crippen LogP contribution in [0.4, 0.5) is 0 Å². The molecule has 0 radical (unpaired) electrons. The first-order chi connectivity index (χ1) is 6.20. The Labute approximate surface area is 75.5 Å². The van der Waals surface area contributed by atoms with E-state index in [2.05, 4.69) is 0 Å². The molecule has 0 aromatic carbocycles. The number of hydrogen-bond donors (Lipinski definition) is 2.